The zero-order valence-electron chi connectivity index (χ0n) is 10.2. The molecular formula is C13H19ClOSi. The minimum atomic E-state index is -1.10. The van der Waals surface area contributed by atoms with E-state index in [4.69, 9.17) is 11.6 Å². The summed E-state index contributed by atoms with van der Waals surface area (Å²) >= 11 is 6.01. The third-order valence-corrected chi connectivity index (χ3v) is 4.62. The summed E-state index contributed by atoms with van der Waals surface area (Å²) < 4.78 is 0. The molecular weight excluding hydrogens is 236 g/mol. The molecule has 0 atom stereocenters. The second kappa shape index (κ2) is 5.64. The first kappa shape index (κ1) is 13.5. The van der Waals surface area contributed by atoms with Gasteiger partial charge in [-0.1, -0.05) is 55.5 Å². The highest BCUT2D eigenvalue weighted by atomic mass is 35.5. The summed E-state index contributed by atoms with van der Waals surface area (Å²) in [6.07, 6.45) is 1.17. The lowest BCUT2D eigenvalue weighted by molar-refractivity contribution is -0.118. The van der Waals surface area contributed by atoms with Crippen molar-refractivity contribution in [3.8, 4) is 0 Å². The Morgan fingerprint density at radius 3 is 2.44 bits per heavy atom. The van der Waals surface area contributed by atoms with Gasteiger partial charge in [0.05, 0.1) is 0 Å². The van der Waals surface area contributed by atoms with Gasteiger partial charge < -0.3 is 0 Å². The molecule has 1 aromatic carbocycles. The van der Waals surface area contributed by atoms with Crippen LogP contribution in [-0.2, 0) is 11.2 Å². The Labute approximate surface area is 104 Å². The van der Waals surface area contributed by atoms with E-state index in [0.29, 0.717) is 23.6 Å². The molecule has 0 bridgehead atoms. The van der Waals surface area contributed by atoms with Gasteiger partial charge in [0.15, 0.2) is 0 Å². The minimum Gasteiger partial charge on any atom is -0.299 e. The van der Waals surface area contributed by atoms with Crippen LogP contribution in [0.25, 0.3) is 0 Å². The van der Waals surface area contributed by atoms with Crippen LogP contribution in [0.2, 0.25) is 30.7 Å². The fourth-order valence-electron chi connectivity index (χ4n) is 1.46. The molecule has 0 aromatic heterocycles. The Balaban J connectivity index is 2.50. The SMILES string of the molecule is C[Si](C)(C)CCC(=O)Cc1ccccc1Cl. The Bertz CT molecular complexity index is 368. The maximum atomic E-state index is 11.8. The molecule has 3 heteroatoms. The highest BCUT2D eigenvalue weighted by molar-refractivity contribution is 6.76. The second-order valence-corrected chi connectivity index (χ2v) is 11.4. The third kappa shape index (κ3) is 4.95. The largest absolute Gasteiger partial charge is 0.299 e. The standard InChI is InChI=1S/C13H19ClOSi/c1-16(2,3)9-8-12(15)10-11-6-4-5-7-13(11)14/h4-7H,8-10H2,1-3H3. The molecule has 1 aromatic rings. The van der Waals surface area contributed by atoms with Crippen molar-refractivity contribution in [1.82, 2.24) is 0 Å². The normalized spacial score (nSPS) is 11.5. The van der Waals surface area contributed by atoms with Gasteiger partial charge in [0.25, 0.3) is 0 Å². The summed E-state index contributed by atoms with van der Waals surface area (Å²) in [5.74, 6) is 0.301. The van der Waals surface area contributed by atoms with Crippen molar-refractivity contribution >= 4 is 25.5 Å². The Kier molecular flexibility index (Phi) is 4.75. The summed E-state index contributed by atoms with van der Waals surface area (Å²) in [7, 11) is -1.10. The van der Waals surface area contributed by atoms with E-state index in [1.807, 2.05) is 24.3 Å². The van der Waals surface area contributed by atoms with Crippen LogP contribution in [0.3, 0.4) is 0 Å². The predicted octanol–water partition coefficient (Wildman–Crippen LogP) is 4.18. The molecule has 0 saturated carbocycles. The van der Waals surface area contributed by atoms with E-state index >= 15 is 0 Å². The zero-order valence-corrected chi connectivity index (χ0v) is 12.0. The van der Waals surface area contributed by atoms with Crippen LogP contribution in [0.4, 0.5) is 0 Å². The maximum absolute atomic E-state index is 11.8. The van der Waals surface area contributed by atoms with Gasteiger partial charge in [-0.2, -0.15) is 0 Å². The van der Waals surface area contributed by atoms with Crippen molar-refractivity contribution in [2.24, 2.45) is 0 Å². The number of benzene rings is 1. The highest BCUT2D eigenvalue weighted by Gasteiger charge is 2.15. The maximum Gasteiger partial charge on any atom is 0.137 e. The van der Waals surface area contributed by atoms with Gasteiger partial charge in [0, 0.05) is 25.9 Å². The fourth-order valence-corrected chi connectivity index (χ4v) is 2.69. The topological polar surface area (TPSA) is 17.1 Å². The molecule has 0 radical (unpaired) electrons. The van der Waals surface area contributed by atoms with Crippen LogP contribution in [-0.4, -0.2) is 13.9 Å². The summed E-state index contributed by atoms with van der Waals surface area (Å²) in [6, 6.07) is 8.64. The van der Waals surface area contributed by atoms with E-state index in [1.165, 1.54) is 0 Å². The number of ketones is 1. The molecule has 0 fully saturated rings. The molecule has 0 aliphatic carbocycles. The van der Waals surface area contributed by atoms with E-state index in [1.54, 1.807) is 0 Å². The van der Waals surface area contributed by atoms with Gasteiger partial charge in [-0.3, -0.25) is 4.79 Å². The van der Waals surface area contributed by atoms with Crippen LogP contribution in [0, 0.1) is 0 Å². The van der Waals surface area contributed by atoms with Crippen LogP contribution < -0.4 is 0 Å². The first-order valence-electron chi connectivity index (χ1n) is 5.63. The number of carbonyl (C=O) groups is 1. The number of carbonyl (C=O) groups excluding carboxylic acids is 1. The minimum absolute atomic E-state index is 0.301. The number of hydrogen-bond donors (Lipinski definition) is 0. The van der Waals surface area contributed by atoms with Crippen molar-refractivity contribution < 1.29 is 4.79 Å². The fraction of sp³-hybridized carbons (Fsp3) is 0.462. The monoisotopic (exact) mass is 254 g/mol. The lowest BCUT2D eigenvalue weighted by atomic mass is 10.1. The van der Waals surface area contributed by atoms with E-state index < -0.39 is 8.07 Å². The number of hydrogen-bond acceptors (Lipinski definition) is 1. The van der Waals surface area contributed by atoms with Crippen LogP contribution in [0.15, 0.2) is 24.3 Å². The van der Waals surface area contributed by atoms with Crippen molar-refractivity contribution in [3.63, 3.8) is 0 Å². The van der Waals surface area contributed by atoms with Crippen LogP contribution >= 0.6 is 11.6 Å². The highest BCUT2D eigenvalue weighted by Crippen LogP contribution is 2.18. The van der Waals surface area contributed by atoms with Crippen LogP contribution in [0.1, 0.15) is 12.0 Å². The summed E-state index contributed by atoms with van der Waals surface area (Å²) in [5, 5.41) is 0.698. The number of Topliss-reactive ketones (excluding diaryl/α,β-unsaturated/α-hetero) is 1. The molecule has 1 nitrogen and oxygen atoms in total. The van der Waals surface area contributed by atoms with Gasteiger partial charge in [-0.15, -0.1) is 0 Å². The second-order valence-electron chi connectivity index (χ2n) is 5.37. The Morgan fingerprint density at radius 1 is 1.25 bits per heavy atom. The van der Waals surface area contributed by atoms with Crippen molar-refractivity contribution in [3.05, 3.63) is 34.9 Å². The first-order valence-corrected chi connectivity index (χ1v) is 9.72. The van der Waals surface area contributed by atoms with Crippen molar-refractivity contribution in [2.75, 3.05) is 0 Å². The molecule has 0 aliphatic rings. The van der Waals surface area contributed by atoms with Gasteiger partial charge in [0.1, 0.15) is 5.78 Å². The quantitative estimate of drug-likeness (QED) is 0.721. The van der Waals surface area contributed by atoms with E-state index in [9.17, 15) is 4.79 Å². The molecule has 1 rings (SSSR count). The predicted molar refractivity (Wildman–Crippen MR) is 72.9 cm³/mol. The average Bonchev–Trinajstić information content (AvgIpc) is 2.18. The Morgan fingerprint density at radius 2 is 1.88 bits per heavy atom. The van der Waals surface area contributed by atoms with Crippen molar-refractivity contribution in [2.45, 2.75) is 38.5 Å². The summed E-state index contributed by atoms with van der Waals surface area (Å²) in [6.45, 7) is 6.86. The summed E-state index contributed by atoms with van der Waals surface area (Å²) in [4.78, 5) is 11.8. The van der Waals surface area contributed by atoms with E-state index in [0.717, 1.165) is 11.6 Å². The first-order chi connectivity index (χ1) is 7.38. The Hall–Kier alpha value is -0.603. The molecule has 0 N–H and O–H groups in total. The molecule has 0 spiro atoms. The zero-order chi connectivity index (χ0) is 12.2. The number of rotatable bonds is 5. The lowest BCUT2D eigenvalue weighted by Gasteiger charge is -2.14. The van der Waals surface area contributed by atoms with E-state index in [-0.39, 0.29) is 0 Å². The molecule has 16 heavy (non-hydrogen) atoms. The molecule has 0 heterocycles. The summed E-state index contributed by atoms with van der Waals surface area (Å²) in [5.41, 5.74) is 0.949. The smallest absolute Gasteiger partial charge is 0.137 e. The van der Waals surface area contributed by atoms with Gasteiger partial charge in [-0.25, -0.2) is 0 Å². The van der Waals surface area contributed by atoms with E-state index in [2.05, 4.69) is 19.6 Å². The van der Waals surface area contributed by atoms with Crippen molar-refractivity contribution in [1.29, 1.82) is 0 Å². The van der Waals surface area contributed by atoms with Gasteiger partial charge >= 0.3 is 0 Å². The molecule has 0 saturated heterocycles. The molecule has 88 valence electrons. The number of halogens is 1. The average molecular weight is 255 g/mol. The molecule has 0 aliphatic heterocycles. The molecule has 0 unspecified atom stereocenters. The van der Waals surface area contributed by atoms with Gasteiger partial charge in [0.2, 0.25) is 0 Å². The van der Waals surface area contributed by atoms with Gasteiger partial charge in [-0.05, 0) is 11.6 Å². The van der Waals surface area contributed by atoms with Crippen LogP contribution in [0.5, 0.6) is 0 Å². The molecule has 0 amide bonds. The lowest BCUT2D eigenvalue weighted by Crippen LogP contribution is -2.21. The third-order valence-electron chi connectivity index (χ3n) is 2.50.